The summed E-state index contributed by atoms with van der Waals surface area (Å²) in [6, 6.07) is 3.34. The van der Waals surface area contributed by atoms with E-state index in [1.807, 2.05) is 0 Å². The Balaban J connectivity index is 2.27. The van der Waals surface area contributed by atoms with Crippen LogP contribution >= 0.6 is 49.8 Å². The molecule has 0 aliphatic carbocycles. The lowest BCUT2D eigenvalue weighted by Crippen LogP contribution is -2.25. The molecule has 4 nitrogen and oxygen atoms in total. The smallest absolute Gasteiger partial charge is 0.232 e. The summed E-state index contributed by atoms with van der Waals surface area (Å²) in [7, 11) is 1.59. The molecule has 1 aromatic carbocycles. The maximum absolute atomic E-state index is 12.0. The Bertz CT molecular complexity index is 665. The molecule has 110 valence electrons. The van der Waals surface area contributed by atoms with E-state index in [2.05, 4.69) is 15.9 Å². The van der Waals surface area contributed by atoms with E-state index in [1.54, 1.807) is 12.1 Å². The van der Waals surface area contributed by atoms with Gasteiger partial charge in [-0.3, -0.25) is 4.79 Å². The van der Waals surface area contributed by atoms with E-state index in [-0.39, 0.29) is 35.6 Å². The molecule has 1 amide bonds. The van der Waals surface area contributed by atoms with Crippen LogP contribution in [0.4, 0.5) is 5.69 Å². The fraction of sp³-hybridized carbons (Fsp3) is 0.364. The molecular weight excluding hydrogens is 412 g/mol. The quantitative estimate of drug-likeness (QED) is 0.553. The molecule has 0 bridgehead atoms. The fourth-order valence-corrected chi connectivity index (χ4v) is 4.32. The van der Waals surface area contributed by atoms with Gasteiger partial charge in [0.25, 0.3) is 0 Å². The van der Waals surface area contributed by atoms with Gasteiger partial charge in [0, 0.05) is 34.0 Å². The normalized spacial score (nSPS) is 19.7. The van der Waals surface area contributed by atoms with Crippen molar-refractivity contribution in [2.45, 2.75) is 6.42 Å². The van der Waals surface area contributed by atoms with Gasteiger partial charge in [0.2, 0.25) is 15.0 Å². The number of carbonyl (C=O) groups is 1. The van der Waals surface area contributed by atoms with Crippen molar-refractivity contribution in [3.05, 3.63) is 26.7 Å². The van der Waals surface area contributed by atoms with Gasteiger partial charge in [-0.05, 0) is 28.1 Å². The maximum atomic E-state index is 12.0. The summed E-state index contributed by atoms with van der Waals surface area (Å²) in [5.41, 5.74) is 0.472. The fourth-order valence-electron chi connectivity index (χ4n) is 2.13. The van der Waals surface area contributed by atoms with Crippen molar-refractivity contribution in [3.63, 3.8) is 0 Å². The van der Waals surface area contributed by atoms with Gasteiger partial charge in [-0.15, -0.1) is 0 Å². The van der Waals surface area contributed by atoms with Crippen LogP contribution in [0, 0.1) is 5.92 Å². The Kier molecular flexibility index (Phi) is 4.91. The van der Waals surface area contributed by atoms with E-state index in [9.17, 15) is 13.2 Å². The second-order valence-corrected chi connectivity index (χ2v) is 8.91. The average Bonchev–Trinajstić information content (AvgIpc) is 2.65. The van der Waals surface area contributed by atoms with Crippen molar-refractivity contribution in [3.8, 4) is 0 Å². The second kappa shape index (κ2) is 6.01. The minimum Gasteiger partial charge on any atom is -0.311 e. The number of benzene rings is 1. The van der Waals surface area contributed by atoms with Crippen LogP contribution in [0.2, 0.25) is 10.0 Å². The molecular formula is C11H9BrCl3NO3S. The zero-order chi connectivity index (χ0) is 15.1. The van der Waals surface area contributed by atoms with Crippen molar-refractivity contribution in [2.75, 3.05) is 17.2 Å². The number of halogens is 4. The van der Waals surface area contributed by atoms with E-state index in [4.69, 9.17) is 33.9 Å². The number of hydrogen-bond donors (Lipinski definition) is 0. The van der Waals surface area contributed by atoms with Gasteiger partial charge in [0.05, 0.1) is 21.5 Å². The Labute approximate surface area is 139 Å². The highest BCUT2D eigenvalue weighted by atomic mass is 79.9. The van der Waals surface area contributed by atoms with Crippen LogP contribution in [0.25, 0.3) is 0 Å². The van der Waals surface area contributed by atoms with Crippen molar-refractivity contribution in [2.24, 2.45) is 5.92 Å². The molecule has 9 heteroatoms. The van der Waals surface area contributed by atoms with E-state index in [1.165, 1.54) is 4.90 Å². The first-order valence-corrected chi connectivity index (χ1v) is 9.58. The lowest BCUT2D eigenvalue weighted by Gasteiger charge is -2.19. The summed E-state index contributed by atoms with van der Waals surface area (Å²) in [6.07, 6.45) is 0.121. The first kappa shape index (κ1) is 16.4. The van der Waals surface area contributed by atoms with Crippen LogP contribution < -0.4 is 4.90 Å². The summed E-state index contributed by atoms with van der Waals surface area (Å²) in [4.78, 5) is 13.4. The molecule has 0 aromatic heterocycles. The van der Waals surface area contributed by atoms with Gasteiger partial charge in [-0.2, -0.15) is 0 Å². The van der Waals surface area contributed by atoms with Crippen LogP contribution in [-0.4, -0.2) is 26.6 Å². The molecule has 1 aliphatic rings. The number of carbonyl (C=O) groups excluding carboxylic acids is 1. The number of anilines is 1. The van der Waals surface area contributed by atoms with Crippen LogP contribution in [0.1, 0.15) is 6.42 Å². The first-order valence-electron chi connectivity index (χ1n) is 5.55. The van der Waals surface area contributed by atoms with Gasteiger partial charge >= 0.3 is 0 Å². The summed E-state index contributed by atoms with van der Waals surface area (Å²) in [5.74, 6) is -0.780. The third-order valence-electron chi connectivity index (χ3n) is 2.95. The van der Waals surface area contributed by atoms with Crippen LogP contribution in [0.5, 0.6) is 0 Å². The predicted octanol–water partition coefficient (Wildman–Crippen LogP) is 3.68. The Morgan fingerprint density at radius 1 is 1.30 bits per heavy atom. The number of nitrogens with zero attached hydrogens (tertiary/aromatic N) is 1. The molecule has 1 saturated heterocycles. The third kappa shape index (κ3) is 3.60. The average molecular weight is 422 g/mol. The molecule has 1 aromatic rings. The highest BCUT2D eigenvalue weighted by Gasteiger charge is 2.34. The molecule has 0 radical (unpaired) electrons. The molecule has 1 atom stereocenters. The lowest BCUT2D eigenvalue weighted by molar-refractivity contribution is -0.117. The molecule has 0 N–H and O–H groups in total. The highest BCUT2D eigenvalue weighted by Crippen LogP contribution is 2.39. The van der Waals surface area contributed by atoms with E-state index in [0.29, 0.717) is 15.2 Å². The lowest BCUT2D eigenvalue weighted by atomic mass is 10.1. The number of rotatable bonds is 3. The van der Waals surface area contributed by atoms with Gasteiger partial charge in [0.15, 0.2) is 0 Å². The van der Waals surface area contributed by atoms with Crippen molar-refractivity contribution < 1.29 is 13.2 Å². The molecule has 0 spiro atoms. The van der Waals surface area contributed by atoms with Gasteiger partial charge in [0.1, 0.15) is 0 Å². The first-order chi connectivity index (χ1) is 9.19. The third-order valence-corrected chi connectivity index (χ3v) is 5.95. The minimum atomic E-state index is -3.63. The predicted molar refractivity (Wildman–Crippen MR) is 84.3 cm³/mol. The van der Waals surface area contributed by atoms with Crippen LogP contribution in [0.15, 0.2) is 16.6 Å². The SMILES string of the molecule is O=C1CC(CS(=O)(=O)Cl)CN1c1ccc(Br)c(Cl)c1Cl. The maximum Gasteiger partial charge on any atom is 0.232 e. The van der Waals surface area contributed by atoms with Crippen molar-refractivity contribution in [1.82, 2.24) is 0 Å². The minimum absolute atomic E-state index is 0.121. The van der Waals surface area contributed by atoms with Crippen molar-refractivity contribution in [1.29, 1.82) is 0 Å². The summed E-state index contributed by atoms with van der Waals surface area (Å²) < 4.78 is 22.8. The highest BCUT2D eigenvalue weighted by molar-refractivity contribution is 9.10. The number of hydrogen-bond acceptors (Lipinski definition) is 3. The molecule has 1 unspecified atom stereocenters. The standard InChI is InChI=1S/C11H9BrCl3NO3S/c12-7-1-2-8(11(14)10(7)13)16-4-6(3-9(16)17)5-20(15,18)19/h1-2,6H,3-5H2. The van der Waals surface area contributed by atoms with Gasteiger partial charge in [-0.25, -0.2) is 8.42 Å². The Morgan fingerprint density at radius 2 is 1.95 bits per heavy atom. The molecule has 2 rings (SSSR count). The molecule has 1 fully saturated rings. The van der Waals surface area contributed by atoms with E-state index >= 15 is 0 Å². The Morgan fingerprint density at radius 3 is 2.55 bits per heavy atom. The zero-order valence-electron chi connectivity index (χ0n) is 9.95. The van der Waals surface area contributed by atoms with E-state index in [0.717, 1.165) is 0 Å². The van der Waals surface area contributed by atoms with Crippen LogP contribution in [-0.2, 0) is 13.8 Å². The summed E-state index contributed by atoms with van der Waals surface area (Å²) in [5, 5.41) is 0.564. The van der Waals surface area contributed by atoms with Crippen molar-refractivity contribution >= 4 is 70.5 Å². The van der Waals surface area contributed by atoms with E-state index < -0.39 is 9.05 Å². The van der Waals surface area contributed by atoms with Gasteiger partial charge in [-0.1, -0.05) is 23.2 Å². The molecule has 20 heavy (non-hydrogen) atoms. The van der Waals surface area contributed by atoms with Crippen LogP contribution in [0.3, 0.4) is 0 Å². The molecule has 1 aliphatic heterocycles. The monoisotopic (exact) mass is 419 g/mol. The zero-order valence-corrected chi connectivity index (χ0v) is 14.6. The number of amides is 1. The summed E-state index contributed by atoms with van der Waals surface area (Å²) >= 11 is 15.4. The largest absolute Gasteiger partial charge is 0.311 e. The van der Waals surface area contributed by atoms with Gasteiger partial charge < -0.3 is 4.90 Å². The Hall–Kier alpha value is -0.0100. The summed E-state index contributed by atoms with van der Waals surface area (Å²) in [6.45, 7) is 0.252. The second-order valence-electron chi connectivity index (χ2n) is 4.47. The molecule has 0 saturated carbocycles. The topological polar surface area (TPSA) is 54.5 Å². The molecule has 1 heterocycles.